The first-order valence-corrected chi connectivity index (χ1v) is 27.7. The number of aliphatic imine (C=N–C) groups is 1. The van der Waals surface area contributed by atoms with Crippen LogP contribution in [0.5, 0.6) is 23.0 Å². The van der Waals surface area contributed by atoms with Crippen LogP contribution in [0.4, 0.5) is 28.4 Å². The number of methoxy groups -OCH3 is 3. The van der Waals surface area contributed by atoms with Gasteiger partial charge in [0.05, 0.1) is 88.2 Å². The zero-order valence-corrected chi connectivity index (χ0v) is 48.2. The number of ether oxygens (including phenoxy) is 5. The number of para-hydroxylation sites is 2. The van der Waals surface area contributed by atoms with Crippen molar-refractivity contribution in [1.29, 1.82) is 0 Å². The number of hydrogen-bond donors (Lipinski definition) is 6. The van der Waals surface area contributed by atoms with Crippen LogP contribution in [0.3, 0.4) is 0 Å². The molecular weight excluding hydrogens is 1050 g/mol. The molecule has 5 aromatic rings. The molecule has 5 aliphatic rings. The lowest BCUT2D eigenvalue weighted by Gasteiger charge is -2.23. The predicted molar refractivity (Wildman–Crippen MR) is 317 cm³/mol. The fraction of sp³-hybridized carbons (Fsp3) is 0.403. The number of carbonyl (C=O) groups excluding carboxylic acids is 6. The number of aliphatic hydroxyl groups excluding tert-OH is 1. The van der Waals surface area contributed by atoms with Crippen molar-refractivity contribution < 1.29 is 57.6 Å². The molecule has 0 aromatic heterocycles. The Labute approximate surface area is 480 Å². The smallest absolute Gasteiger partial charge is 0.308 e. The average Bonchev–Trinajstić information content (AvgIpc) is 4.07. The molecule has 0 radical (unpaired) electrons. The molecule has 10 rings (SSSR count). The topological polar surface area (TPSA) is 248 Å². The fourth-order valence-corrected chi connectivity index (χ4v) is 10.2. The number of benzene rings is 5. The van der Waals surface area contributed by atoms with Gasteiger partial charge in [0, 0.05) is 48.4 Å². The Hall–Kier alpha value is -8.17. The van der Waals surface area contributed by atoms with Crippen LogP contribution in [0.2, 0.25) is 0 Å². The minimum Gasteiger partial charge on any atom is -0.493 e. The van der Waals surface area contributed by atoms with E-state index in [9.17, 15) is 28.8 Å². The number of aliphatic hydroxyl groups is 1. The molecule has 0 bridgehead atoms. The van der Waals surface area contributed by atoms with Crippen LogP contribution in [0.15, 0.2) is 96.0 Å². The number of hydrogen-bond acceptors (Lipinski definition) is 17. The van der Waals surface area contributed by atoms with E-state index in [0.717, 1.165) is 65.1 Å². The lowest BCUT2D eigenvalue weighted by atomic mass is 9.83. The summed E-state index contributed by atoms with van der Waals surface area (Å²) >= 11 is 0. The lowest BCUT2D eigenvalue weighted by molar-refractivity contribution is -0.146. The normalized spacial score (nSPS) is 17.4. The molecular formula is C62H78N8O12. The predicted octanol–water partition coefficient (Wildman–Crippen LogP) is 7.45. The van der Waals surface area contributed by atoms with Crippen molar-refractivity contribution in [2.24, 2.45) is 16.8 Å². The number of anilines is 4. The van der Waals surface area contributed by atoms with E-state index in [1.807, 2.05) is 91.7 Å². The Balaban J connectivity index is 0.000000377. The highest BCUT2D eigenvalue weighted by Gasteiger charge is 2.39. The van der Waals surface area contributed by atoms with Gasteiger partial charge in [-0.05, 0) is 117 Å². The van der Waals surface area contributed by atoms with Gasteiger partial charge in [0.25, 0.3) is 11.8 Å². The van der Waals surface area contributed by atoms with Crippen LogP contribution in [0.1, 0.15) is 89.4 Å². The van der Waals surface area contributed by atoms with Crippen LogP contribution in [-0.2, 0) is 50.0 Å². The fourth-order valence-electron chi connectivity index (χ4n) is 10.2. The second-order valence-corrected chi connectivity index (χ2v) is 19.6. The Morgan fingerprint density at radius 3 is 1.87 bits per heavy atom. The number of rotatable bonds is 17. The van der Waals surface area contributed by atoms with Crippen molar-refractivity contribution in [3.8, 4) is 23.0 Å². The second-order valence-electron chi connectivity index (χ2n) is 19.6. The van der Waals surface area contributed by atoms with Gasteiger partial charge in [-0.3, -0.25) is 34.4 Å². The summed E-state index contributed by atoms with van der Waals surface area (Å²) in [7, 11) is 7.99. The first kappa shape index (κ1) is 63.0. The van der Waals surface area contributed by atoms with Gasteiger partial charge < -0.3 is 64.5 Å². The first-order chi connectivity index (χ1) is 39.9. The van der Waals surface area contributed by atoms with Gasteiger partial charge in [0.15, 0.2) is 23.0 Å². The zero-order chi connectivity index (χ0) is 59.1. The van der Waals surface area contributed by atoms with Crippen molar-refractivity contribution in [3.05, 3.63) is 124 Å². The van der Waals surface area contributed by atoms with E-state index in [2.05, 4.69) is 44.3 Å². The summed E-state index contributed by atoms with van der Waals surface area (Å²) in [5, 5.41) is 22.3. The van der Waals surface area contributed by atoms with Gasteiger partial charge in [0.1, 0.15) is 25.8 Å². The van der Waals surface area contributed by atoms with E-state index >= 15 is 0 Å². The maximum Gasteiger partial charge on any atom is 0.308 e. The molecule has 0 saturated heterocycles. The molecule has 0 spiro atoms. The Kier molecular flexibility index (Phi) is 24.4. The van der Waals surface area contributed by atoms with Gasteiger partial charge >= 0.3 is 5.97 Å². The number of amides is 3. The van der Waals surface area contributed by atoms with Gasteiger partial charge in [-0.1, -0.05) is 57.2 Å². The van der Waals surface area contributed by atoms with E-state index in [0.29, 0.717) is 77.0 Å². The van der Waals surface area contributed by atoms with E-state index in [1.165, 1.54) is 27.1 Å². The molecule has 20 heteroatoms. The molecule has 1 aliphatic carbocycles. The Morgan fingerprint density at radius 1 is 0.720 bits per heavy atom. The third-order valence-corrected chi connectivity index (χ3v) is 14.1. The van der Waals surface area contributed by atoms with Gasteiger partial charge in [-0.15, -0.1) is 0 Å². The van der Waals surface area contributed by atoms with E-state index < -0.39 is 0 Å². The maximum atomic E-state index is 13.9. The molecule has 82 heavy (non-hydrogen) atoms. The molecule has 4 aliphatic heterocycles. The maximum absolute atomic E-state index is 13.9. The molecule has 5 aromatic carbocycles. The number of esters is 1. The standard InChI is InChI=1S/C45H42N6O7.C9H16O2.C3H7NO2.C3H7NO.C2H6/c1-46-23-43(52)49-30-13-26(24-57-41-19-35-33(17-39(41)55-2)44(53)50-31(21-47-35)15-28-8-4-6-10-37(28)50)12-27(14-30)25-58-42-20-36-34(18-40(42)56-3)45(54)51-32(22-48-36)16-29-9-5-7-11-38(29)51;1-7-3-5-8(6-4-7)9(10)11-2;5-2-1-4-3-6;1-4-2-3-5;1-2/h4-14,17-21,31-32,46,48H,15-16,22-25H2,1-3H3,(H,49,52);7-8H,3-6H2,1-2H3;2,4,6H,1,3H2;3-4H,2H2,1H3;1-2H3/t31-,32?;;;;/m0..../s1. The van der Waals surface area contributed by atoms with Crippen molar-refractivity contribution in [1.82, 2.24) is 16.0 Å². The second kappa shape index (κ2) is 31.7. The van der Waals surface area contributed by atoms with Crippen LogP contribution >= 0.6 is 0 Å². The SMILES string of the molecule is CC.CNCC(=O)Nc1cc(COc2cc3c(cc2OC)C(=O)N2c4ccccc4C[C@H]2C=N3)cc(COc2cc3c(cc2OC)C(=O)N2c4ccccc4CC2CN3)c1.CNCC=O.COC(=O)C1CCC(C)CC1.O=CCNCO. The van der Waals surface area contributed by atoms with Crippen LogP contribution in [-0.4, -0.2) is 128 Å². The van der Waals surface area contributed by atoms with Crippen molar-refractivity contribution in [2.45, 2.75) is 84.6 Å². The highest BCUT2D eigenvalue weighted by molar-refractivity contribution is 6.15. The first-order valence-electron chi connectivity index (χ1n) is 27.7. The Morgan fingerprint density at radius 2 is 1.30 bits per heavy atom. The molecule has 4 heterocycles. The number of nitrogens with one attached hydrogen (secondary N) is 5. The lowest BCUT2D eigenvalue weighted by Crippen LogP contribution is -2.39. The molecule has 2 atom stereocenters. The highest BCUT2D eigenvalue weighted by atomic mass is 16.5. The Bertz CT molecular complexity index is 3020. The van der Waals surface area contributed by atoms with E-state index in [-0.39, 0.29) is 74.7 Å². The van der Waals surface area contributed by atoms with Crippen molar-refractivity contribution in [3.63, 3.8) is 0 Å². The van der Waals surface area contributed by atoms with Crippen molar-refractivity contribution >= 4 is 70.9 Å². The summed E-state index contributed by atoms with van der Waals surface area (Å²) in [5.41, 5.74) is 8.23. The molecule has 1 saturated carbocycles. The average molecular weight is 1130 g/mol. The summed E-state index contributed by atoms with van der Waals surface area (Å²) in [5.74, 6) is 2.20. The molecule has 1 fully saturated rings. The van der Waals surface area contributed by atoms with Crippen LogP contribution in [0.25, 0.3) is 0 Å². The summed E-state index contributed by atoms with van der Waals surface area (Å²) in [6.45, 7) is 7.75. The molecule has 6 N–H and O–H groups in total. The minimum absolute atomic E-state index is 0.00831. The van der Waals surface area contributed by atoms with Gasteiger partial charge in [-0.25, -0.2) is 0 Å². The molecule has 3 amide bonds. The summed E-state index contributed by atoms with van der Waals surface area (Å²) in [4.78, 5) is 78.7. The highest BCUT2D eigenvalue weighted by Crippen LogP contribution is 2.43. The van der Waals surface area contributed by atoms with Gasteiger partial charge in [-0.2, -0.15) is 0 Å². The monoisotopic (exact) mass is 1130 g/mol. The van der Waals surface area contributed by atoms with Gasteiger partial charge in [0.2, 0.25) is 5.91 Å². The van der Waals surface area contributed by atoms with Crippen LogP contribution < -0.4 is 55.3 Å². The molecule has 1 unspecified atom stereocenters. The number of carbonyl (C=O) groups is 6. The van der Waals surface area contributed by atoms with E-state index in [1.54, 1.807) is 44.3 Å². The van der Waals surface area contributed by atoms with Crippen molar-refractivity contribution in [2.75, 3.05) is 88.8 Å². The third kappa shape index (κ3) is 16.1. The minimum atomic E-state index is -0.211. The number of aldehydes is 2. The molecule has 438 valence electrons. The summed E-state index contributed by atoms with van der Waals surface area (Å²) in [6.07, 6.45) is 9.20. The largest absolute Gasteiger partial charge is 0.493 e. The number of nitrogens with zero attached hydrogens (tertiary/aromatic N) is 3. The summed E-state index contributed by atoms with van der Waals surface area (Å²) in [6, 6.07) is 28.3. The molecule has 20 nitrogen and oxygen atoms in total. The zero-order valence-electron chi connectivity index (χ0n) is 48.2. The number of fused-ring (bicyclic) bond motifs is 8. The third-order valence-electron chi connectivity index (χ3n) is 14.1. The van der Waals surface area contributed by atoms with Crippen LogP contribution in [0, 0.1) is 11.8 Å². The van der Waals surface area contributed by atoms with E-state index in [4.69, 9.17) is 29.0 Å². The number of likely N-dealkylation sites (N-methyl/N-ethyl adjacent to an activating group) is 2. The quantitative estimate of drug-likeness (QED) is 0.0229. The summed E-state index contributed by atoms with van der Waals surface area (Å²) < 4.78 is 28.9.